The first-order chi connectivity index (χ1) is 15.5. The zero-order valence-electron chi connectivity index (χ0n) is 17.5. The van der Waals surface area contributed by atoms with Crippen molar-refractivity contribution in [3.63, 3.8) is 0 Å². The molecule has 0 aromatic heterocycles. The fourth-order valence-corrected chi connectivity index (χ4v) is 5.14. The molecule has 0 saturated carbocycles. The number of nitrogens with one attached hydrogen (secondary N) is 2. The van der Waals surface area contributed by atoms with Gasteiger partial charge in [0.25, 0.3) is 11.9 Å². The number of carbonyl (C=O) groups is 1. The zero-order valence-corrected chi connectivity index (χ0v) is 17.5. The number of ether oxygens (including phenoxy) is 1. The van der Waals surface area contributed by atoms with Crippen LogP contribution in [-0.4, -0.2) is 22.9 Å². The first-order valence-electron chi connectivity index (χ1n) is 10.6. The van der Waals surface area contributed by atoms with Crippen molar-refractivity contribution in [3.05, 3.63) is 106 Å². The molecule has 2 heterocycles. The third-order valence-electron chi connectivity index (χ3n) is 6.48. The lowest BCUT2D eigenvalue weighted by Gasteiger charge is -2.26. The number of hydrogen-bond acceptors (Lipinski definition) is 5. The molecular weight excluding hydrogens is 406 g/mol. The molecule has 1 spiro atoms. The van der Waals surface area contributed by atoms with Gasteiger partial charge in [-0.05, 0) is 24.6 Å². The Morgan fingerprint density at radius 1 is 1.00 bits per heavy atom. The molecule has 3 aromatic carbocycles. The third-order valence-corrected chi connectivity index (χ3v) is 6.48. The fourth-order valence-electron chi connectivity index (χ4n) is 5.14. The highest BCUT2D eigenvalue weighted by molar-refractivity contribution is 6.07. The highest BCUT2D eigenvalue weighted by Crippen LogP contribution is 2.50. The van der Waals surface area contributed by atoms with Crippen molar-refractivity contribution < 1.29 is 14.5 Å². The molecule has 1 saturated heterocycles. The van der Waals surface area contributed by atoms with Crippen LogP contribution in [0.4, 0.5) is 5.69 Å². The minimum absolute atomic E-state index is 0.323. The Labute approximate surface area is 185 Å². The summed E-state index contributed by atoms with van der Waals surface area (Å²) >= 11 is 0. The first-order valence-corrected chi connectivity index (χ1v) is 10.6. The summed E-state index contributed by atoms with van der Waals surface area (Å²) < 4.78 is 6.11. The van der Waals surface area contributed by atoms with E-state index < -0.39 is 23.4 Å². The van der Waals surface area contributed by atoms with Gasteiger partial charge in [-0.15, -0.1) is 0 Å². The molecule has 2 aliphatic heterocycles. The van der Waals surface area contributed by atoms with E-state index in [4.69, 9.17) is 4.74 Å². The van der Waals surface area contributed by atoms with Gasteiger partial charge >= 0.3 is 0 Å². The average molecular weight is 429 g/mol. The molecule has 7 heteroatoms. The lowest BCUT2D eigenvalue weighted by molar-refractivity contribution is -0.532. The number of carbonyl (C=O) groups excluding carboxylic acids is 1. The molecule has 1 amide bonds. The Morgan fingerprint density at radius 3 is 2.47 bits per heavy atom. The van der Waals surface area contributed by atoms with E-state index >= 15 is 0 Å². The van der Waals surface area contributed by atoms with Crippen LogP contribution in [0.15, 0.2) is 78.9 Å². The molecule has 162 valence electrons. The summed E-state index contributed by atoms with van der Waals surface area (Å²) in [6, 6.07) is 22.8. The minimum Gasteiger partial charge on any atom is -0.489 e. The van der Waals surface area contributed by atoms with Gasteiger partial charge in [-0.25, -0.2) is 0 Å². The van der Waals surface area contributed by atoms with Gasteiger partial charge in [0.15, 0.2) is 5.54 Å². The van der Waals surface area contributed by atoms with E-state index in [1.165, 1.54) is 0 Å². The van der Waals surface area contributed by atoms with Gasteiger partial charge in [0, 0.05) is 27.8 Å². The van der Waals surface area contributed by atoms with Gasteiger partial charge < -0.3 is 10.1 Å². The number of nitrogens with zero attached hydrogens (tertiary/aromatic N) is 1. The zero-order chi connectivity index (χ0) is 22.3. The second-order valence-corrected chi connectivity index (χ2v) is 8.31. The number of hydrogen-bond donors (Lipinski definition) is 2. The molecule has 0 unspecified atom stereocenters. The van der Waals surface area contributed by atoms with E-state index in [1.54, 1.807) is 18.2 Å². The quantitative estimate of drug-likeness (QED) is 0.475. The highest BCUT2D eigenvalue weighted by Gasteiger charge is 2.67. The molecule has 32 heavy (non-hydrogen) atoms. The van der Waals surface area contributed by atoms with Crippen molar-refractivity contribution in [2.75, 3.05) is 5.32 Å². The van der Waals surface area contributed by atoms with Crippen molar-refractivity contribution >= 4 is 11.6 Å². The van der Waals surface area contributed by atoms with Crippen molar-refractivity contribution in [3.8, 4) is 5.75 Å². The van der Waals surface area contributed by atoms with Crippen molar-refractivity contribution in [2.45, 2.75) is 37.1 Å². The van der Waals surface area contributed by atoms with Crippen LogP contribution >= 0.6 is 0 Å². The lowest BCUT2D eigenvalue weighted by Crippen LogP contribution is -2.54. The number of rotatable bonds is 5. The average Bonchev–Trinajstić information content (AvgIpc) is 3.27. The van der Waals surface area contributed by atoms with E-state index in [0.717, 1.165) is 11.1 Å². The SMILES string of the molecule is C[C@@H]1N[C@]2(C(=O)Nc3ccccc32)[C@@H]([N+](=O)[O-])[C@H]1c1ccccc1OCc1ccccc1. The predicted octanol–water partition coefficient (Wildman–Crippen LogP) is 3.83. The summed E-state index contributed by atoms with van der Waals surface area (Å²) in [5.74, 6) is -0.364. The molecule has 2 aliphatic rings. The number of para-hydroxylation sites is 2. The second kappa shape index (κ2) is 7.76. The number of anilines is 1. The van der Waals surface area contributed by atoms with Crippen LogP contribution in [0.25, 0.3) is 0 Å². The van der Waals surface area contributed by atoms with E-state index in [9.17, 15) is 14.9 Å². The van der Waals surface area contributed by atoms with Crippen LogP contribution in [-0.2, 0) is 16.9 Å². The van der Waals surface area contributed by atoms with Crippen molar-refractivity contribution in [1.29, 1.82) is 0 Å². The van der Waals surface area contributed by atoms with E-state index in [-0.39, 0.29) is 11.0 Å². The molecular formula is C25H23N3O4. The van der Waals surface area contributed by atoms with Crippen LogP contribution in [0.2, 0.25) is 0 Å². The molecule has 4 atom stereocenters. The first kappa shape index (κ1) is 20.2. The van der Waals surface area contributed by atoms with Crippen LogP contribution < -0.4 is 15.4 Å². The Kier molecular flexibility index (Phi) is 4.90. The molecule has 0 bridgehead atoms. The molecule has 0 aliphatic carbocycles. The maximum atomic E-state index is 13.2. The topological polar surface area (TPSA) is 93.5 Å². The molecule has 1 fully saturated rings. The molecule has 7 nitrogen and oxygen atoms in total. The third kappa shape index (κ3) is 3.05. The van der Waals surface area contributed by atoms with E-state index in [0.29, 0.717) is 23.6 Å². The van der Waals surface area contributed by atoms with Crippen LogP contribution in [0.5, 0.6) is 5.75 Å². The molecule has 0 radical (unpaired) electrons. The largest absolute Gasteiger partial charge is 0.489 e. The summed E-state index contributed by atoms with van der Waals surface area (Å²) in [4.78, 5) is 25.3. The Bertz CT molecular complexity index is 1180. The summed E-state index contributed by atoms with van der Waals surface area (Å²) in [5, 5.41) is 18.6. The van der Waals surface area contributed by atoms with Gasteiger partial charge in [-0.3, -0.25) is 20.2 Å². The standard InChI is InChI=1S/C25H23N3O4/c1-16-22(18-11-5-8-14-21(18)32-15-17-9-3-2-4-10-17)23(28(30)31)25(27-16)19-12-6-7-13-20(19)26-24(25)29/h2-14,16,22-23,27H,15H2,1H3,(H,26,29)/t16-,22+,23-,25-/m0/s1. The van der Waals surface area contributed by atoms with Crippen LogP contribution in [0, 0.1) is 10.1 Å². The van der Waals surface area contributed by atoms with Crippen LogP contribution in [0.1, 0.15) is 29.5 Å². The van der Waals surface area contributed by atoms with E-state index in [2.05, 4.69) is 10.6 Å². The van der Waals surface area contributed by atoms with Crippen LogP contribution in [0.3, 0.4) is 0 Å². The lowest BCUT2D eigenvalue weighted by atomic mass is 9.78. The van der Waals surface area contributed by atoms with E-state index in [1.807, 2.05) is 67.6 Å². The molecule has 5 rings (SSSR count). The summed E-state index contributed by atoms with van der Waals surface area (Å²) in [5.41, 5.74) is 1.52. The second-order valence-electron chi connectivity index (χ2n) is 8.31. The molecule has 2 N–H and O–H groups in total. The summed E-state index contributed by atoms with van der Waals surface area (Å²) in [6.07, 6.45) is 0. The maximum absolute atomic E-state index is 13.2. The predicted molar refractivity (Wildman–Crippen MR) is 120 cm³/mol. The maximum Gasteiger partial charge on any atom is 0.256 e. The number of fused-ring (bicyclic) bond motifs is 2. The van der Waals surface area contributed by atoms with Gasteiger partial charge in [-0.2, -0.15) is 0 Å². The van der Waals surface area contributed by atoms with Gasteiger partial charge in [0.2, 0.25) is 0 Å². The number of amides is 1. The fraction of sp³-hybridized carbons (Fsp3) is 0.240. The smallest absolute Gasteiger partial charge is 0.256 e. The normalized spacial score (nSPS) is 26.0. The summed E-state index contributed by atoms with van der Waals surface area (Å²) in [6.45, 7) is 2.24. The van der Waals surface area contributed by atoms with Crippen molar-refractivity contribution in [2.24, 2.45) is 0 Å². The summed E-state index contributed by atoms with van der Waals surface area (Å²) in [7, 11) is 0. The number of benzene rings is 3. The molecule has 3 aromatic rings. The number of nitro groups is 1. The Balaban J connectivity index is 1.56. The van der Waals surface area contributed by atoms with Gasteiger partial charge in [-0.1, -0.05) is 66.7 Å². The minimum atomic E-state index is -1.43. The highest BCUT2D eigenvalue weighted by atomic mass is 16.6. The Morgan fingerprint density at radius 2 is 1.69 bits per heavy atom. The monoisotopic (exact) mass is 429 g/mol. The Hall–Kier alpha value is -3.71. The van der Waals surface area contributed by atoms with Gasteiger partial charge in [0.1, 0.15) is 12.4 Å². The van der Waals surface area contributed by atoms with Crippen molar-refractivity contribution in [1.82, 2.24) is 5.32 Å². The van der Waals surface area contributed by atoms with Gasteiger partial charge in [0.05, 0.1) is 5.92 Å².